The SMILES string of the molecule is CCC(=O)N1CCc2cc(S(=O)(=O)NCc3ccc(OC)c(OC)c3)ccc21. The summed E-state index contributed by atoms with van der Waals surface area (Å²) in [6.45, 7) is 2.53. The summed E-state index contributed by atoms with van der Waals surface area (Å²) < 4.78 is 38.5. The third kappa shape index (κ3) is 3.98. The van der Waals surface area contributed by atoms with Crippen LogP contribution in [0.1, 0.15) is 24.5 Å². The summed E-state index contributed by atoms with van der Waals surface area (Å²) in [4.78, 5) is 13.9. The fourth-order valence-corrected chi connectivity index (χ4v) is 4.32. The minimum absolute atomic E-state index is 0.0425. The van der Waals surface area contributed by atoms with Gasteiger partial charge in [0, 0.05) is 25.2 Å². The Morgan fingerprint density at radius 3 is 2.54 bits per heavy atom. The molecule has 0 spiro atoms. The molecule has 0 fully saturated rings. The van der Waals surface area contributed by atoms with E-state index in [1.54, 1.807) is 42.3 Å². The van der Waals surface area contributed by atoms with Gasteiger partial charge in [0.2, 0.25) is 15.9 Å². The van der Waals surface area contributed by atoms with Crippen molar-refractivity contribution in [3.8, 4) is 11.5 Å². The Morgan fingerprint density at radius 2 is 1.86 bits per heavy atom. The van der Waals surface area contributed by atoms with Crippen molar-refractivity contribution in [2.24, 2.45) is 0 Å². The minimum Gasteiger partial charge on any atom is -0.493 e. The van der Waals surface area contributed by atoms with E-state index in [1.807, 2.05) is 6.92 Å². The molecule has 2 aromatic carbocycles. The maximum absolute atomic E-state index is 12.7. The van der Waals surface area contributed by atoms with Crippen LogP contribution in [0.3, 0.4) is 0 Å². The standard InChI is InChI=1S/C20H24N2O5S/c1-4-20(23)22-10-9-15-12-16(6-7-17(15)22)28(24,25)21-13-14-5-8-18(26-2)19(11-14)27-3/h5-8,11-12,21H,4,9-10,13H2,1-3H3. The zero-order valence-electron chi connectivity index (χ0n) is 16.2. The smallest absolute Gasteiger partial charge is 0.240 e. The average Bonchev–Trinajstić information content (AvgIpc) is 3.14. The van der Waals surface area contributed by atoms with E-state index in [0.29, 0.717) is 30.9 Å². The molecule has 0 aliphatic carbocycles. The van der Waals surface area contributed by atoms with Crippen molar-refractivity contribution in [2.75, 3.05) is 25.7 Å². The van der Waals surface area contributed by atoms with Gasteiger partial charge in [0.25, 0.3) is 0 Å². The molecule has 1 aliphatic rings. The molecule has 0 saturated carbocycles. The fraction of sp³-hybridized carbons (Fsp3) is 0.350. The summed E-state index contributed by atoms with van der Waals surface area (Å²) in [7, 11) is -0.609. The molecular formula is C20H24N2O5S. The number of carbonyl (C=O) groups is 1. The van der Waals surface area contributed by atoms with E-state index in [4.69, 9.17) is 9.47 Å². The van der Waals surface area contributed by atoms with Crippen molar-refractivity contribution in [3.05, 3.63) is 47.5 Å². The molecule has 3 rings (SSSR count). The molecule has 150 valence electrons. The van der Waals surface area contributed by atoms with Gasteiger partial charge < -0.3 is 14.4 Å². The molecule has 8 heteroatoms. The van der Waals surface area contributed by atoms with Gasteiger partial charge in [-0.25, -0.2) is 13.1 Å². The second-order valence-electron chi connectivity index (χ2n) is 6.45. The van der Waals surface area contributed by atoms with Crippen molar-refractivity contribution < 1.29 is 22.7 Å². The van der Waals surface area contributed by atoms with Crippen molar-refractivity contribution in [1.29, 1.82) is 0 Å². The number of ether oxygens (including phenoxy) is 2. The molecule has 2 aromatic rings. The molecule has 1 N–H and O–H groups in total. The van der Waals surface area contributed by atoms with Crippen LogP contribution in [0, 0.1) is 0 Å². The molecule has 0 saturated heterocycles. The molecule has 0 unspecified atom stereocenters. The second kappa shape index (κ2) is 8.20. The quantitative estimate of drug-likeness (QED) is 0.766. The number of rotatable bonds is 7. The van der Waals surface area contributed by atoms with E-state index in [9.17, 15) is 13.2 Å². The molecule has 0 bridgehead atoms. The van der Waals surface area contributed by atoms with Crippen LogP contribution in [0.2, 0.25) is 0 Å². The number of benzene rings is 2. The molecule has 0 atom stereocenters. The summed E-state index contributed by atoms with van der Waals surface area (Å²) >= 11 is 0. The Labute approximate surface area is 165 Å². The number of carbonyl (C=O) groups excluding carboxylic acids is 1. The van der Waals surface area contributed by atoms with Crippen molar-refractivity contribution in [1.82, 2.24) is 4.72 Å². The van der Waals surface area contributed by atoms with E-state index in [-0.39, 0.29) is 17.3 Å². The lowest BCUT2D eigenvalue weighted by Gasteiger charge is -2.16. The number of amides is 1. The van der Waals surface area contributed by atoms with Crippen molar-refractivity contribution in [2.45, 2.75) is 31.2 Å². The summed E-state index contributed by atoms with van der Waals surface area (Å²) in [6.07, 6.45) is 1.08. The molecule has 0 aromatic heterocycles. The third-order valence-electron chi connectivity index (χ3n) is 4.77. The maximum Gasteiger partial charge on any atom is 0.240 e. The second-order valence-corrected chi connectivity index (χ2v) is 8.22. The number of anilines is 1. The number of methoxy groups -OCH3 is 2. The van der Waals surface area contributed by atoms with E-state index in [0.717, 1.165) is 16.8 Å². The Kier molecular flexibility index (Phi) is 5.90. The lowest BCUT2D eigenvalue weighted by atomic mass is 10.2. The number of hydrogen-bond donors (Lipinski definition) is 1. The van der Waals surface area contributed by atoms with Crippen LogP contribution in [-0.4, -0.2) is 35.1 Å². The first-order chi connectivity index (χ1) is 13.4. The van der Waals surface area contributed by atoms with Gasteiger partial charge in [0.05, 0.1) is 19.1 Å². The highest BCUT2D eigenvalue weighted by molar-refractivity contribution is 7.89. The van der Waals surface area contributed by atoms with E-state index >= 15 is 0 Å². The zero-order chi connectivity index (χ0) is 20.3. The van der Waals surface area contributed by atoms with Crippen LogP contribution in [0.15, 0.2) is 41.3 Å². The Morgan fingerprint density at radius 1 is 1.11 bits per heavy atom. The van der Waals surface area contributed by atoms with Gasteiger partial charge >= 0.3 is 0 Å². The predicted octanol–water partition coefficient (Wildman–Crippen LogP) is 2.48. The molecule has 7 nitrogen and oxygen atoms in total. The van der Waals surface area contributed by atoms with Gasteiger partial charge in [0.1, 0.15) is 0 Å². The monoisotopic (exact) mass is 404 g/mol. The van der Waals surface area contributed by atoms with Crippen LogP contribution in [0.5, 0.6) is 11.5 Å². The lowest BCUT2D eigenvalue weighted by molar-refractivity contribution is -0.118. The average molecular weight is 404 g/mol. The highest BCUT2D eigenvalue weighted by atomic mass is 32.2. The van der Waals surface area contributed by atoms with Gasteiger partial charge in [-0.15, -0.1) is 0 Å². The third-order valence-corrected chi connectivity index (χ3v) is 6.17. The van der Waals surface area contributed by atoms with Crippen LogP contribution < -0.4 is 19.1 Å². The Bertz CT molecular complexity index is 988. The predicted molar refractivity (Wildman–Crippen MR) is 106 cm³/mol. The first-order valence-corrected chi connectivity index (χ1v) is 10.5. The number of fused-ring (bicyclic) bond motifs is 1. The fourth-order valence-electron chi connectivity index (χ4n) is 3.25. The van der Waals surface area contributed by atoms with Gasteiger partial charge in [0.15, 0.2) is 11.5 Å². The Balaban J connectivity index is 1.76. The Hall–Kier alpha value is -2.58. The minimum atomic E-state index is -3.68. The molecule has 28 heavy (non-hydrogen) atoms. The molecule has 0 radical (unpaired) electrons. The normalized spacial score (nSPS) is 13.3. The number of nitrogens with one attached hydrogen (secondary N) is 1. The van der Waals surface area contributed by atoms with Crippen molar-refractivity contribution in [3.63, 3.8) is 0 Å². The number of hydrogen-bond acceptors (Lipinski definition) is 5. The van der Waals surface area contributed by atoms with Crippen LogP contribution in [0.25, 0.3) is 0 Å². The zero-order valence-corrected chi connectivity index (χ0v) is 17.0. The summed E-state index contributed by atoms with van der Waals surface area (Å²) in [6, 6.07) is 10.1. The van der Waals surface area contributed by atoms with E-state index in [2.05, 4.69) is 4.72 Å². The van der Waals surface area contributed by atoms with Gasteiger partial charge in [-0.2, -0.15) is 0 Å². The van der Waals surface area contributed by atoms with Crippen molar-refractivity contribution >= 4 is 21.6 Å². The first kappa shape index (κ1) is 20.2. The molecule has 1 amide bonds. The number of sulfonamides is 1. The molecule has 1 heterocycles. The van der Waals surface area contributed by atoms with Gasteiger partial charge in [-0.1, -0.05) is 13.0 Å². The first-order valence-electron chi connectivity index (χ1n) is 9.03. The van der Waals surface area contributed by atoms with Gasteiger partial charge in [-0.3, -0.25) is 4.79 Å². The van der Waals surface area contributed by atoms with E-state index < -0.39 is 10.0 Å². The largest absolute Gasteiger partial charge is 0.493 e. The lowest BCUT2D eigenvalue weighted by Crippen LogP contribution is -2.27. The topological polar surface area (TPSA) is 84.9 Å². The van der Waals surface area contributed by atoms with Crippen LogP contribution in [-0.2, 0) is 27.8 Å². The molecule has 1 aliphatic heterocycles. The number of nitrogens with zero attached hydrogens (tertiary/aromatic N) is 1. The molecular weight excluding hydrogens is 380 g/mol. The van der Waals surface area contributed by atoms with Crippen LogP contribution in [0.4, 0.5) is 5.69 Å². The maximum atomic E-state index is 12.7. The van der Waals surface area contributed by atoms with E-state index in [1.165, 1.54) is 13.2 Å². The van der Waals surface area contributed by atoms with Crippen LogP contribution >= 0.6 is 0 Å². The summed E-state index contributed by atoms with van der Waals surface area (Å²) in [5, 5.41) is 0. The highest BCUT2D eigenvalue weighted by Gasteiger charge is 2.25. The van der Waals surface area contributed by atoms with Gasteiger partial charge in [-0.05, 0) is 47.9 Å². The summed E-state index contributed by atoms with van der Waals surface area (Å²) in [5.41, 5.74) is 2.42. The highest BCUT2D eigenvalue weighted by Crippen LogP contribution is 2.31. The summed E-state index contributed by atoms with van der Waals surface area (Å²) in [5.74, 6) is 1.16.